The quantitative estimate of drug-likeness (QED) is 0.476. The van der Waals surface area contributed by atoms with Gasteiger partial charge in [-0.1, -0.05) is 13.8 Å². The van der Waals surface area contributed by atoms with E-state index in [1.165, 1.54) is 7.11 Å². The average Bonchev–Trinajstić information content (AvgIpc) is 1.84. The Bertz CT molecular complexity index is 85.1. The van der Waals surface area contributed by atoms with E-state index < -0.39 is 0 Å². The van der Waals surface area contributed by atoms with Crippen LogP contribution in [0.15, 0.2) is 0 Å². The number of hydrogen-bond acceptors (Lipinski definition) is 2. The van der Waals surface area contributed by atoms with Crippen LogP contribution >= 0.6 is 12.4 Å². The van der Waals surface area contributed by atoms with Gasteiger partial charge in [0, 0.05) is 5.92 Å². The van der Waals surface area contributed by atoms with Gasteiger partial charge in [0.15, 0.2) is 5.90 Å². The van der Waals surface area contributed by atoms with Crippen molar-refractivity contribution in [1.29, 1.82) is 5.41 Å². The second-order valence-corrected chi connectivity index (χ2v) is 1.88. The highest BCUT2D eigenvalue weighted by Crippen LogP contribution is 2.01. The van der Waals surface area contributed by atoms with Gasteiger partial charge < -0.3 is 4.74 Å². The Hall–Kier alpha value is -0.240. The smallest absolute Gasteiger partial charge is 0.182 e. The Balaban J connectivity index is 0. The van der Waals surface area contributed by atoms with E-state index >= 15 is 0 Å². The topological polar surface area (TPSA) is 33.1 Å². The minimum atomic E-state index is 0. The summed E-state index contributed by atoms with van der Waals surface area (Å²) in [6.45, 7) is 4.02. The van der Waals surface area contributed by atoms with Gasteiger partial charge >= 0.3 is 0 Å². The molecule has 56 valence electrons. The average molecular weight is 152 g/mol. The summed E-state index contributed by atoms with van der Waals surface area (Å²) in [4.78, 5) is 0. The van der Waals surface area contributed by atoms with Crippen LogP contribution in [0.5, 0.6) is 0 Å². The maximum absolute atomic E-state index is 7.12. The summed E-state index contributed by atoms with van der Waals surface area (Å²) >= 11 is 0. The minimum Gasteiger partial charge on any atom is -0.484 e. The monoisotopic (exact) mass is 151 g/mol. The predicted octanol–water partition coefficient (Wildman–Crippen LogP) is 2.08. The van der Waals surface area contributed by atoms with Gasteiger partial charge in [0.05, 0.1) is 7.11 Å². The molecule has 1 unspecified atom stereocenters. The van der Waals surface area contributed by atoms with Crippen LogP contribution in [0.25, 0.3) is 0 Å². The molecule has 0 rings (SSSR count). The third-order valence-electron chi connectivity index (χ3n) is 1.28. The number of rotatable bonds is 2. The molecule has 0 aliphatic rings. The molecule has 0 saturated carbocycles. The maximum atomic E-state index is 7.12. The van der Waals surface area contributed by atoms with Gasteiger partial charge in [-0.05, 0) is 6.42 Å². The van der Waals surface area contributed by atoms with E-state index in [9.17, 15) is 0 Å². The van der Waals surface area contributed by atoms with Crippen LogP contribution in [-0.4, -0.2) is 13.0 Å². The molecule has 0 amide bonds. The van der Waals surface area contributed by atoms with E-state index in [1.54, 1.807) is 0 Å². The van der Waals surface area contributed by atoms with Crippen LogP contribution in [0.2, 0.25) is 0 Å². The minimum absolute atomic E-state index is 0. The maximum Gasteiger partial charge on any atom is 0.182 e. The van der Waals surface area contributed by atoms with Crippen molar-refractivity contribution in [2.75, 3.05) is 7.11 Å². The van der Waals surface area contributed by atoms with Crippen LogP contribution in [0, 0.1) is 11.3 Å². The number of nitrogens with one attached hydrogen (secondary N) is 1. The van der Waals surface area contributed by atoms with Crippen LogP contribution < -0.4 is 0 Å². The Morgan fingerprint density at radius 1 is 1.67 bits per heavy atom. The molecule has 0 bridgehead atoms. The highest BCUT2D eigenvalue weighted by Gasteiger charge is 2.03. The normalized spacial score (nSPS) is 11.4. The lowest BCUT2D eigenvalue weighted by atomic mass is 10.1. The van der Waals surface area contributed by atoms with Crippen LogP contribution in [0.1, 0.15) is 20.3 Å². The van der Waals surface area contributed by atoms with Crippen molar-refractivity contribution in [3.63, 3.8) is 0 Å². The lowest BCUT2D eigenvalue weighted by Crippen LogP contribution is -2.09. The third-order valence-corrected chi connectivity index (χ3v) is 1.28. The van der Waals surface area contributed by atoms with Crippen molar-refractivity contribution in [1.82, 2.24) is 0 Å². The Morgan fingerprint density at radius 2 is 2.11 bits per heavy atom. The summed E-state index contributed by atoms with van der Waals surface area (Å²) in [5.41, 5.74) is 0. The highest BCUT2D eigenvalue weighted by molar-refractivity contribution is 5.85. The number of hydrogen-bond donors (Lipinski definition) is 1. The second kappa shape index (κ2) is 5.89. The Kier molecular flexibility index (Phi) is 7.55. The van der Waals surface area contributed by atoms with E-state index in [1.807, 2.05) is 13.8 Å². The molecule has 0 heterocycles. The van der Waals surface area contributed by atoms with Crippen LogP contribution in [-0.2, 0) is 4.74 Å². The van der Waals surface area contributed by atoms with Crippen molar-refractivity contribution in [2.24, 2.45) is 5.92 Å². The summed E-state index contributed by atoms with van der Waals surface area (Å²) < 4.78 is 4.69. The first-order valence-electron chi connectivity index (χ1n) is 2.84. The summed E-state index contributed by atoms with van der Waals surface area (Å²) in [5.74, 6) is 0.660. The Labute approximate surface area is 62.5 Å². The molecule has 0 saturated heterocycles. The first kappa shape index (κ1) is 11.5. The lowest BCUT2D eigenvalue weighted by molar-refractivity contribution is 0.363. The highest BCUT2D eigenvalue weighted by atomic mass is 35.5. The van der Waals surface area contributed by atoms with Gasteiger partial charge in [-0.15, -0.1) is 12.4 Å². The fourth-order valence-corrected chi connectivity index (χ4v) is 0.387. The van der Waals surface area contributed by atoms with E-state index in [4.69, 9.17) is 5.41 Å². The fraction of sp³-hybridized carbons (Fsp3) is 0.833. The van der Waals surface area contributed by atoms with E-state index in [0.29, 0.717) is 5.90 Å². The molecular weight excluding hydrogens is 138 g/mol. The summed E-state index contributed by atoms with van der Waals surface area (Å²) in [7, 11) is 1.54. The van der Waals surface area contributed by atoms with Gasteiger partial charge in [-0.3, -0.25) is 5.41 Å². The van der Waals surface area contributed by atoms with Gasteiger partial charge in [0.1, 0.15) is 0 Å². The van der Waals surface area contributed by atoms with Gasteiger partial charge in [-0.25, -0.2) is 0 Å². The molecule has 0 aromatic rings. The molecule has 9 heavy (non-hydrogen) atoms. The lowest BCUT2D eigenvalue weighted by Gasteiger charge is -2.06. The van der Waals surface area contributed by atoms with Crippen LogP contribution in [0.4, 0.5) is 0 Å². The van der Waals surface area contributed by atoms with Crippen molar-refractivity contribution < 1.29 is 4.74 Å². The SMILES string of the molecule is CCC(C)C(=N)OC.Cl. The molecule has 0 aromatic heterocycles. The second-order valence-electron chi connectivity index (χ2n) is 1.88. The molecule has 0 spiro atoms. The van der Waals surface area contributed by atoms with Gasteiger partial charge in [0.2, 0.25) is 0 Å². The zero-order chi connectivity index (χ0) is 6.57. The number of methoxy groups -OCH3 is 1. The first-order chi connectivity index (χ1) is 3.72. The zero-order valence-corrected chi connectivity index (χ0v) is 6.92. The van der Waals surface area contributed by atoms with E-state index in [2.05, 4.69) is 4.74 Å². The van der Waals surface area contributed by atoms with Crippen molar-refractivity contribution in [3.05, 3.63) is 0 Å². The molecule has 0 aliphatic heterocycles. The number of ether oxygens (including phenoxy) is 1. The summed E-state index contributed by atoms with van der Waals surface area (Å²) in [5, 5.41) is 7.12. The standard InChI is InChI=1S/C6H13NO.ClH/c1-4-5(2)6(7)8-3;/h5,7H,4H2,1-3H3;1H. The molecule has 0 aromatic carbocycles. The van der Waals surface area contributed by atoms with Gasteiger partial charge in [0.25, 0.3) is 0 Å². The molecule has 1 N–H and O–H groups in total. The Morgan fingerprint density at radius 3 is 2.22 bits per heavy atom. The molecule has 0 radical (unpaired) electrons. The van der Waals surface area contributed by atoms with Crippen molar-refractivity contribution in [3.8, 4) is 0 Å². The molecule has 2 nitrogen and oxygen atoms in total. The molecular formula is C6H14ClNO. The molecule has 3 heteroatoms. The summed E-state index contributed by atoms with van der Waals surface area (Å²) in [6, 6.07) is 0. The van der Waals surface area contributed by atoms with E-state index in [0.717, 1.165) is 6.42 Å². The van der Waals surface area contributed by atoms with Crippen molar-refractivity contribution >= 4 is 18.3 Å². The van der Waals surface area contributed by atoms with Crippen LogP contribution in [0.3, 0.4) is 0 Å². The molecule has 0 aliphatic carbocycles. The van der Waals surface area contributed by atoms with Gasteiger partial charge in [-0.2, -0.15) is 0 Å². The van der Waals surface area contributed by atoms with Crippen molar-refractivity contribution in [2.45, 2.75) is 20.3 Å². The van der Waals surface area contributed by atoms with E-state index in [-0.39, 0.29) is 18.3 Å². The summed E-state index contributed by atoms with van der Waals surface area (Å²) in [6.07, 6.45) is 0.979. The molecule has 1 atom stereocenters. The zero-order valence-electron chi connectivity index (χ0n) is 6.10. The molecule has 0 fully saturated rings. The first-order valence-corrected chi connectivity index (χ1v) is 2.84. The fourth-order valence-electron chi connectivity index (χ4n) is 0.387. The third kappa shape index (κ3) is 4.28. The number of halogens is 1. The largest absolute Gasteiger partial charge is 0.484 e. The predicted molar refractivity (Wildman–Crippen MR) is 41.4 cm³/mol.